The van der Waals surface area contributed by atoms with Crippen LogP contribution in [0.15, 0.2) is 12.1 Å². The zero-order valence-electron chi connectivity index (χ0n) is 7.02. The molecule has 1 rings (SSSR count). The third-order valence-electron chi connectivity index (χ3n) is 1.91. The predicted molar refractivity (Wildman–Crippen MR) is 45.5 cm³/mol. The molecule has 0 aliphatic heterocycles. The van der Waals surface area contributed by atoms with Gasteiger partial charge in [0.1, 0.15) is 0 Å². The first-order valence-electron chi connectivity index (χ1n) is 3.82. The number of hydrogen-bond acceptors (Lipinski definition) is 1. The Labute approximate surface area is 67.7 Å². The molecule has 11 heavy (non-hydrogen) atoms. The van der Waals surface area contributed by atoms with E-state index in [-0.39, 0.29) is 6.61 Å². The lowest BCUT2D eigenvalue weighted by atomic mass is 10.0. The second-order valence-corrected chi connectivity index (χ2v) is 2.77. The number of aryl methyl sites for hydroxylation is 2. The summed E-state index contributed by atoms with van der Waals surface area (Å²) in [5, 5.41) is 8.76. The fourth-order valence-corrected chi connectivity index (χ4v) is 1.28. The standard InChI is InChI=1S/C10H13O/c1-8-4-3-5-9(2)10(8)6-7-11/h4-5,11H,6-7H2,1-2H3. The van der Waals surface area contributed by atoms with Gasteiger partial charge in [-0.3, -0.25) is 0 Å². The molecule has 0 aliphatic carbocycles. The van der Waals surface area contributed by atoms with Crippen molar-refractivity contribution in [3.05, 3.63) is 34.9 Å². The van der Waals surface area contributed by atoms with Crippen LogP contribution in [0.2, 0.25) is 0 Å². The molecule has 1 heteroatoms. The maximum atomic E-state index is 8.76. The summed E-state index contributed by atoms with van der Waals surface area (Å²) >= 11 is 0. The highest BCUT2D eigenvalue weighted by Crippen LogP contribution is 2.12. The minimum atomic E-state index is 0.228. The molecule has 0 aromatic heterocycles. The van der Waals surface area contributed by atoms with Crippen LogP contribution in [-0.4, -0.2) is 11.7 Å². The third kappa shape index (κ3) is 1.81. The van der Waals surface area contributed by atoms with E-state index in [4.69, 9.17) is 5.11 Å². The number of hydrogen-bond donors (Lipinski definition) is 1. The Kier molecular flexibility index (Phi) is 2.66. The maximum Gasteiger partial charge on any atom is 0.0471 e. The van der Waals surface area contributed by atoms with Crippen LogP contribution in [0, 0.1) is 19.9 Å². The van der Waals surface area contributed by atoms with Gasteiger partial charge in [-0.05, 0) is 43.0 Å². The summed E-state index contributed by atoms with van der Waals surface area (Å²) < 4.78 is 0. The molecule has 1 N–H and O–H groups in total. The lowest BCUT2D eigenvalue weighted by Crippen LogP contribution is -1.96. The average Bonchev–Trinajstić information content (AvgIpc) is 1.97. The van der Waals surface area contributed by atoms with Gasteiger partial charge in [0.2, 0.25) is 0 Å². The van der Waals surface area contributed by atoms with E-state index in [2.05, 4.69) is 19.9 Å². The lowest BCUT2D eigenvalue weighted by Gasteiger charge is -2.06. The summed E-state index contributed by atoms with van der Waals surface area (Å²) in [4.78, 5) is 0. The van der Waals surface area contributed by atoms with Gasteiger partial charge in [-0.1, -0.05) is 12.1 Å². The molecule has 1 aromatic rings. The number of aliphatic hydroxyl groups excluding tert-OH is 1. The summed E-state index contributed by atoms with van der Waals surface area (Å²) in [5.41, 5.74) is 3.70. The minimum absolute atomic E-state index is 0.228. The smallest absolute Gasteiger partial charge is 0.0471 e. The highest BCUT2D eigenvalue weighted by Gasteiger charge is 1.99. The largest absolute Gasteiger partial charge is 0.396 e. The second kappa shape index (κ2) is 3.54. The van der Waals surface area contributed by atoms with Crippen LogP contribution in [0.3, 0.4) is 0 Å². The zero-order chi connectivity index (χ0) is 8.27. The summed E-state index contributed by atoms with van der Waals surface area (Å²) in [6, 6.07) is 6.96. The molecular formula is C10H13O. The average molecular weight is 149 g/mol. The molecule has 0 unspecified atom stereocenters. The van der Waals surface area contributed by atoms with Crippen LogP contribution < -0.4 is 0 Å². The van der Waals surface area contributed by atoms with Crippen molar-refractivity contribution in [2.75, 3.05) is 6.61 Å². The molecule has 0 amide bonds. The van der Waals surface area contributed by atoms with Crippen molar-refractivity contribution in [2.45, 2.75) is 20.3 Å². The van der Waals surface area contributed by atoms with Crippen molar-refractivity contribution in [3.63, 3.8) is 0 Å². The van der Waals surface area contributed by atoms with Crippen molar-refractivity contribution in [2.24, 2.45) is 0 Å². The second-order valence-electron chi connectivity index (χ2n) is 2.77. The zero-order valence-corrected chi connectivity index (χ0v) is 7.02. The van der Waals surface area contributed by atoms with Gasteiger partial charge in [0, 0.05) is 6.61 Å². The van der Waals surface area contributed by atoms with Crippen LogP contribution in [0.25, 0.3) is 0 Å². The third-order valence-corrected chi connectivity index (χ3v) is 1.91. The molecule has 0 aliphatic rings. The Morgan fingerprint density at radius 2 is 1.82 bits per heavy atom. The van der Waals surface area contributed by atoms with Crippen LogP contribution >= 0.6 is 0 Å². The quantitative estimate of drug-likeness (QED) is 0.677. The Morgan fingerprint density at radius 1 is 1.27 bits per heavy atom. The molecule has 0 saturated heterocycles. The molecule has 0 heterocycles. The van der Waals surface area contributed by atoms with Crippen molar-refractivity contribution in [1.82, 2.24) is 0 Å². The van der Waals surface area contributed by atoms with Crippen LogP contribution in [0.4, 0.5) is 0 Å². The Balaban J connectivity index is 3.00. The summed E-state index contributed by atoms with van der Waals surface area (Å²) in [6.07, 6.45) is 0.756. The Hall–Kier alpha value is -0.820. The van der Waals surface area contributed by atoms with E-state index in [1.54, 1.807) is 0 Å². The van der Waals surface area contributed by atoms with Gasteiger partial charge < -0.3 is 5.11 Å². The first-order chi connectivity index (χ1) is 5.25. The van der Waals surface area contributed by atoms with E-state index in [0.717, 1.165) is 6.42 Å². The molecule has 0 bridgehead atoms. The number of rotatable bonds is 2. The van der Waals surface area contributed by atoms with E-state index < -0.39 is 0 Å². The molecule has 1 nitrogen and oxygen atoms in total. The highest BCUT2D eigenvalue weighted by atomic mass is 16.2. The van der Waals surface area contributed by atoms with Crippen LogP contribution in [-0.2, 0) is 6.42 Å². The molecule has 1 radical (unpaired) electrons. The van der Waals surface area contributed by atoms with Crippen molar-refractivity contribution in [3.8, 4) is 0 Å². The lowest BCUT2D eigenvalue weighted by molar-refractivity contribution is 0.299. The molecule has 1 aromatic carbocycles. The summed E-state index contributed by atoms with van der Waals surface area (Å²) in [6.45, 7) is 4.33. The number of benzene rings is 1. The van der Waals surface area contributed by atoms with E-state index in [1.807, 2.05) is 12.1 Å². The minimum Gasteiger partial charge on any atom is -0.396 e. The van der Waals surface area contributed by atoms with E-state index in [9.17, 15) is 0 Å². The predicted octanol–water partition coefficient (Wildman–Crippen LogP) is 1.64. The van der Waals surface area contributed by atoms with Crippen molar-refractivity contribution >= 4 is 0 Å². The van der Waals surface area contributed by atoms with Crippen LogP contribution in [0.1, 0.15) is 16.7 Å². The topological polar surface area (TPSA) is 20.2 Å². The Bertz CT molecular complexity index is 220. The summed E-state index contributed by atoms with van der Waals surface area (Å²) in [7, 11) is 0. The normalized spacial score (nSPS) is 10.1. The molecule has 59 valence electrons. The molecule has 0 spiro atoms. The SMILES string of the molecule is Cc1c[c]cc(C)c1CCO. The molecular weight excluding hydrogens is 136 g/mol. The van der Waals surface area contributed by atoms with Gasteiger partial charge >= 0.3 is 0 Å². The first-order valence-corrected chi connectivity index (χ1v) is 3.82. The van der Waals surface area contributed by atoms with Crippen molar-refractivity contribution < 1.29 is 5.11 Å². The molecule has 0 fully saturated rings. The van der Waals surface area contributed by atoms with E-state index >= 15 is 0 Å². The van der Waals surface area contributed by atoms with Crippen molar-refractivity contribution in [1.29, 1.82) is 0 Å². The summed E-state index contributed by atoms with van der Waals surface area (Å²) in [5.74, 6) is 0. The fourth-order valence-electron chi connectivity index (χ4n) is 1.28. The monoisotopic (exact) mass is 149 g/mol. The van der Waals surface area contributed by atoms with Gasteiger partial charge in [-0.2, -0.15) is 0 Å². The maximum absolute atomic E-state index is 8.76. The molecule has 0 atom stereocenters. The molecule has 0 saturated carbocycles. The first kappa shape index (κ1) is 8.28. The van der Waals surface area contributed by atoms with Gasteiger partial charge in [0.05, 0.1) is 0 Å². The van der Waals surface area contributed by atoms with Gasteiger partial charge in [0.15, 0.2) is 0 Å². The van der Waals surface area contributed by atoms with Gasteiger partial charge in [-0.25, -0.2) is 0 Å². The number of aliphatic hydroxyl groups is 1. The van der Waals surface area contributed by atoms with E-state index in [0.29, 0.717) is 0 Å². The van der Waals surface area contributed by atoms with E-state index in [1.165, 1.54) is 16.7 Å². The van der Waals surface area contributed by atoms with Gasteiger partial charge in [-0.15, -0.1) is 0 Å². The van der Waals surface area contributed by atoms with Gasteiger partial charge in [0.25, 0.3) is 0 Å². The van der Waals surface area contributed by atoms with Crippen LogP contribution in [0.5, 0.6) is 0 Å². The fraction of sp³-hybridized carbons (Fsp3) is 0.400. The highest BCUT2D eigenvalue weighted by molar-refractivity contribution is 5.32. The Morgan fingerprint density at radius 3 is 2.27 bits per heavy atom.